The van der Waals surface area contributed by atoms with Gasteiger partial charge in [-0.05, 0) is 62.2 Å². The maximum Gasteiger partial charge on any atom is 0.220 e. The lowest BCUT2D eigenvalue weighted by molar-refractivity contribution is -0.121. The fourth-order valence-electron chi connectivity index (χ4n) is 4.32. The number of rotatable bonds is 8. The van der Waals surface area contributed by atoms with Crippen molar-refractivity contribution >= 4 is 16.9 Å². The molecule has 0 spiro atoms. The first-order valence-electron chi connectivity index (χ1n) is 11.2. The summed E-state index contributed by atoms with van der Waals surface area (Å²) in [6, 6.07) is 10.8. The number of carbonyl (C=O) groups is 1. The standard InChI is InChI=1S/C24H30FN5O/c1-2-4-22(31)26-13-16-30-24-21(5-3-12-27-24)23(28-30)19-10-14-29(15-11-19)17-18-6-8-20(25)9-7-18/h3,5-9,12,19H,2,4,10-11,13-17H2,1H3,(H,26,31). The van der Waals surface area contributed by atoms with Crippen molar-refractivity contribution in [1.29, 1.82) is 0 Å². The monoisotopic (exact) mass is 423 g/mol. The minimum Gasteiger partial charge on any atom is -0.354 e. The Morgan fingerprint density at radius 2 is 1.97 bits per heavy atom. The van der Waals surface area contributed by atoms with Crippen molar-refractivity contribution < 1.29 is 9.18 Å². The zero-order chi connectivity index (χ0) is 21.6. The molecular weight excluding hydrogens is 393 g/mol. The van der Waals surface area contributed by atoms with Crippen LogP contribution in [0.5, 0.6) is 0 Å². The van der Waals surface area contributed by atoms with Crippen molar-refractivity contribution in [3.63, 3.8) is 0 Å². The van der Waals surface area contributed by atoms with Gasteiger partial charge in [0.1, 0.15) is 5.82 Å². The predicted octanol–water partition coefficient (Wildman–Crippen LogP) is 3.87. The zero-order valence-corrected chi connectivity index (χ0v) is 18.1. The van der Waals surface area contributed by atoms with Crippen molar-refractivity contribution in [3.05, 3.63) is 59.7 Å². The van der Waals surface area contributed by atoms with Gasteiger partial charge in [0.25, 0.3) is 0 Å². The number of hydrogen-bond acceptors (Lipinski definition) is 4. The molecule has 3 aromatic rings. The second-order valence-corrected chi connectivity index (χ2v) is 8.26. The van der Waals surface area contributed by atoms with Crippen LogP contribution >= 0.6 is 0 Å². The molecule has 1 saturated heterocycles. The number of aromatic nitrogens is 3. The molecule has 1 amide bonds. The number of halogens is 1. The van der Waals surface area contributed by atoms with Crippen LogP contribution in [-0.4, -0.2) is 45.2 Å². The normalized spacial score (nSPS) is 15.4. The van der Waals surface area contributed by atoms with Gasteiger partial charge in [-0.3, -0.25) is 9.69 Å². The van der Waals surface area contributed by atoms with Crippen molar-refractivity contribution in [2.45, 2.75) is 51.6 Å². The van der Waals surface area contributed by atoms with Crippen molar-refractivity contribution in [3.8, 4) is 0 Å². The number of fused-ring (bicyclic) bond motifs is 1. The van der Waals surface area contributed by atoms with Crippen LogP contribution in [0.3, 0.4) is 0 Å². The van der Waals surface area contributed by atoms with Gasteiger partial charge in [-0.1, -0.05) is 19.1 Å². The fraction of sp³-hybridized carbons (Fsp3) is 0.458. The van der Waals surface area contributed by atoms with E-state index in [1.807, 2.05) is 29.8 Å². The third-order valence-electron chi connectivity index (χ3n) is 5.95. The smallest absolute Gasteiger partial charge is 0.220 e. The van der Waals surface area contributed by atoms with Gasteiger partial charge in [-0.15, -0.1) is 0 Å². The highest BCUT2D eigenvalue weighted by molar-refractivity contribution is 5.79. The molecule has 2 aromatic heterocycles. The Hall–Kier alpha value is -2.80. The van der Waals surface area contributed by atoms with Crippen LogP contribution in [0.25, 0.3) is 11.0 Å². The van der Waals surface area contributed by atoms with E-state index in [-0.39, 0.29) is 11.7 Å². The minimum absolute atomic E-state index is 0.0840. The van der Waals surface area contributed by atoms with Crippen LogP contribution in [-0.2, 0) is 17.9 Å². The number of benzene rings is 1. The summed E-state index contributed by atoms with van der Waals surface area (Å²) in [4.78, 5) is 18.7. The lowest BCUT2D eigenvalue weighted by atomic mass is 9.92. The molecule has 0 unspecified atom stereocenters. The summed E-state index contributed by atoms with van der Waals surface area (Å²) in [7, 11) is 0. The van der Waals surface area contributed by atoms with Crippen LogP contribution in [0.2, 0.25) is 0 Å². The van der Waals surface area contributed by atoms with Gasteiger partial charge in [0.2, 0.25) is 5.91 Å². The number of hydrogen-bond donors (Lipinski definition) is 1. The van der Waals surface area contributed by atoms with Gasteiger partial charge in [-0.25, -0.2) is 14.1 Å². The molecule has 7 heteroatoms. The minimum atomic E-state index is -0.191. The molecule has 1 aliphatic rings. The SMILES string of the molecule is CCCC(=O)NCCn1nc(C2CCN(Cc3ccc(F)cc3)CC2)c2cccnc21. The molecule has 1 fully saturated rings. The third-order valence-corrected chi connectivity index (χ3v) is 5.95. The van der Waals surface area contributed by atoms with E-state index in [1.54, 1.807) is 6.20 Å². The van der Waals surface area contributed by atoms with Crippen LogP contribution in [0.1, 0.15) is 49.8 Å². The Kier molecular flexibility index (Phi) is 6.92. The summed E-state index contributed by atoms with van der Waals surface area (Å²) in [5.41, 5.74) is 3.14. The molecule has 0 bridgehead atoms. The number of carbonyl (C=O) groups excluding carboxylic acids is 1. The number of nitrogens with zero attached hydrogens (tertiary/aromatic N) is 4. The highest BCUT2D eigenvalue weighted by Crippen LogP contribution is 2.32. The summed E-state index contributed by atoms with van der Waals surface area (Å²) in [6.07, 6.45) is 5.28. The van der Waals surface area contributed by atoms with E-state index in [1.165, 1.54) is 12.1 Å². The Morgan fingerprint density at radius 1 is 1.19 bits per heavy atom. The maximum atomic E-state index is 13.1. The molecule has 1 aliphatic heterocycles. The molecule has 0 atom stereocenters. The number of amides is 1. The van der Waals surface area contributed by atoms with Crippen LogP contribution in [0.15, 0.2) is 42.6 Å². The quantitative estimate of drug-likeness (QED) is 0.598. The maximum absolute atomic E-state index is 13.1. The van der Waals surface area contributed by atoms with Gasteiger partial charge < -0.3 is 5.32 Å². The molecule has 0 aliphatic carbocycles. The molecular formula is C24H30FN5O. The summed E-state index contributed by atoms with van der Waals surface area (Å²) < 4.78 is 15.1. The number of nitrogens with one attached hydrogen (secondary N) is 1. The molecule has 3 heterocycles. The Morgan fingerprint density at radius 3 is 2.71 bits per heavy atom. The molecule has 1 aromatic carbocycles. The summed E-state index contributed by atoms with van der Waals surface area (Å²) >= 11 is 0. The van der Waals surface area contributed by atoms with Gasteiger partial charge >= 0.3 is 0 Å². The Labute approximate surface area is 182 Å². The molecule has 164 valence electrons. The van der Waals surface area contributed by atoms with Gasteiger partial charge in [0.15, 0.2) is 5.65 Å². The van der Waals surface area contributed by atoms with Crippen LogP contribution in [0, 0.1) is 5.82 Å². The summed E-state index contributed by atoms with van der Waals surface area (Å²) in [5, 5.41) is 8.99. The average molecular weight is 424 g/mol. The molecule has 0 radical (unpaired) electrons. The van der Waals surface area contributed by atoms with E-state index in [0.717, 1.165) is 61.2 Å². The summed E-state index contributed by atoms with van der Waals surface area (Å²) in [5.74, 6) is 0.288. The lowest BCUT2D eigenvalue weighted by Gasteiger charge is -2.31. The molecule has 1 N–H and O–H groups in total. The molecule has 31 heavy (non-hydrogen) atoms. The number of piperidine rings is 1. The van der Waals surface area contributed by atoms with Crippen molar-refractivity contribution in [1.82, 2.24) is 25.0 Å². The van der Waals surface area contributed by atoms with E-state index in [4.69, 9.17) is 5.10 Å². The highest BCUT2D eigenvalue weighted by Gasteiger charge is 2.25. The molecule has 4 rings (SSSR count). The highest BCUT2D eigenvalue weighted by atomic mass is 19.1. The fourth-order valence-corrected chi connectivity index (χ4v) is 4.32. The number of likely N-dealkylation sites (tertiary alicyclic amines) is 1. The Balaban J connectivity index is 1.40. The first-order valence-corrected chi connectivity index (χ1v) is 11.2. The van der Waals surface area contributed by atoms with E-state index >= 15 is 0 Å². The van der Waals surface area contributed by atoms with Gasteiger partial charge in [0.05, 0.1) is 12.2 Å². The second-order valence-electron chi connectivity index (χ2n) is 8.26. The lowest BCUT2D eigenvalue weighted by Crippen LogP contribution is -2.32. The predicted molar refractivity (Wildman–Crippen MR) is 119 cm³/mol. The molecule has 6 nitrogen and oxygen atoms in total. The van der Waals surface area contributed by atoms with Crippen LogP contribution in [0.4, 0.5) is 4.39 Å². The largest absolute Gasteiger partial charge is 0.354 e. The number of pyridine rings is 1. The van der Waals surface area contributed by atoms with E-state index in [9.17, 15) is 9.18 Å². The summed E-state index contributed by atoms with van der Waals surface area (Å²) in [6.45, 7) is 6.00. The third kappa shape index (κ3) is 5.28. The average Bonchev–Trinajstić information content (AvgIpc) is 3.15. The van der Waals surface area contributed by atoms with Gasteiger partial charge in [-0.2, -0.15) is 5.10 Å². The zero-order valence-electron chi connectivity index (χ0n) is 18.1. The van der Waals surface area contributed by atoms with Gasteiger partial charge in [0, 0.05) is 37.0 Å². The topological polar surface area (TPSA) is 63.1 Å². The van der Waals surface area contributed by atoms with E-state index < -0.39 is 0 Å². The van der Waals surface area contributed by atoms with E-state index in [2.05, 4.69) is 21.3 Å². The van der Waals surface area contributed by atoms with Crippen LogP contribution < -0.4 is 5.32 Å². The molecule has 0 saturated carbocycles. The van der Waals surface area contributed by atoms with Crippen molar-refractivity contribution in [2.75, 3.05) is 19.6 Å². The first kappa shape index (κ1) is 21.4. The first-order chi connectivity index (χ1) is 15.1. The van der Waals surface area contributed by atoms with Crippen molar-refractivity contribution in [2.24, 2.45) is 0 Å². The second kappa shape index (κ2) is 10.0. The Bertz CT molecular complexity index is 1010. The van der Waals surface area contributed by atoms with E-state index in [0.29, 0.717) is 25.4 Å².